The summed E-state index contributed by atoms with van der Waals surface area (Å²) < 4.78 is 60.1. The van der Waals surface area contributed by atoms with Crippen LogP contribution >= 0.6 is 0 Å². The molecule has 2 bridgehead atoms. The molecule has 0 radical (unpaired) electrons. The van der Waals surface area contributed by atoms with Crippen molar-refractivity contribution >= 4 is 28.6 Å². The molecule has 0 aliphatic carbocycles. The van der Waals surface area contributed by atoms with Crippen molar-refractivity contribution in [3.63, 3.8) is 0 Å². The van der Waals surface area contributed by atoms with Gasteiger partial charge in [0.15, 0.2) is 11.5 Å². The van der Waals surface area contributed by atoms with Gasteiger partial charge in [-0.1, -0.05) is 0 Å². The summed E-state index contributed by atoms with van der Waals surface area (Å²) in [4.78, 5) is 22.4. The minimum absolute atomic E-state index is 0.0283. The Hall–Kier alpha value is -3.48. The third-order valence-corrected chi connectivity index (χ3v) is 5.82. The average Bonchev–Trinajstić information content (AvgIpc) is 3.31. The lowest BCUT2D eigenvalue weighted by Crippen LogP contribution is -2.44. The summed E-state index contributed by atoms with van der Waals surface area (Å²) in [5, 5.41) is 9.32. The summed E-state index contributed by atoms with van der Waals surface area (Å²) in [6.07, 6.45) is -4.94. The minimum Gasteiger partial charge on any atom is -0.368 e. The van der Waals surface area contributed by atoms with Gasteiger partial charge in [0.1, 0.15) is 24.6 Å². The first-order valence-corrected chi connectivity index (χ1v) is 10.6. The molecule has 3 unspecified atom stereocenters. The number of hydrogen-bond acceptors (Lipinski definition) is 6. The highest BCUT2D eigenvalue weighted by Crippen LogP contribution is 2.35. The SMILES string of the molecule is CNC(=O)Nc1ccc(-c2nc(N3CC4CC(F)C(C3)O4)c3cnn(CC(F)(F)F)c3n2)cc1. The standard InChI is InChI=1S/C21H21F4N7O2/c1-26-20(33)28-12-4-2-11(3-5-12)17-29-18(31-8-13-6-15(22)16(9-31)34-13)14-7-27-32(19(14)30-17)10-21(23,24)25/h2-5,7,13,15-16H,6,8-10H2,1H3,(H2,26,28,33). The van der Waals surface area contributed by atoms with Gasteiger partial charge in [-0.2, -0.15) is 18.3 Å². The van der Waals surface area contributed by atoms with E-state index in [9.17, 15) is 22.4 Å². The number of alkyl halides is 4. The number of hydrogen-bond donors (Lipinski definition) is 2. The molecular weight excluding hydrogens is 458 g/mol. The first-order chi connectivity index (χ1) is 16.2. The Labute approximate surface area is 191 Å². The van der Waals surface area contributed by atoms with E-state index in [1.165, 1.54) is 13.2 Å². The maximum Gasteiger partial charge on any atom is 0.408 e. The van der Waals surface area contributed by atoms with Crippen LogP contribution in [0.1, 0.15) is 6.42 Å². The van der Waals surface area contributed by atoms with Crippen molar-refractivity contribution in [1.29, 1.82) is 0 Å². The summed E-state index contributed by atoms with van der Waals surface area (Å²) in [5.41, 5.74) is 1.08. The number of carbonyl (C=O) groups excluding carboxylic acids is 1. The molecular formula is C21H21F4N7O2. The van der Waals surface area contributed by atoms with Crippen LogP contribution in [-0.4, -0.2) is 70.5 Å². The Morgan fingerprint density at radius 1 is 1.21 bits per heavy atom. The quantitative estimate of drug-likeness (QED) is 0.559. The Morgan fingerprint density at radius 2 is 1.97 bits per heavy atom. The summed E-state index contributed by atoms with van der Waals surface area (Å²) >= 11 is 0. The van der Waals surface area contributed by atoms with Gasteiger partial charge in [0, 0.05) is 37.8 Å². The smallest absolute Gasteiger partial charge is 0.368 e. The van der Waals surface area contributed by atoms with Crippen LogP contribution in [-0.2, 0) is 11.3 Å². The van der Waals surface area contributed by atoms with Crippen LogP contribution in [0.15, 0.2) is 30.5 Å². The molecule has 2 aromatic heterocycles. The maximum atomic E-state index is 14.2. The number of morpholine rings is 1. The molecule has 34 heavy (non-hydrogen) atoms. The largest absolute Gasteiger partial charge is 0.408 e. The zero-order chi connectivity index (χ0) is 24.0. The summed E-state index contributed by atoms with van der Waals surface area (Å²) in [7, 11) is 1.49. The normalized spacial score (nSPS) is 22.3. The van der Waals surface area contributed by atoms with Crippen molar-refractivity contribution in [2.24, 2.45) is 0 Å². The second-order valence-electron chi connectivity index (χ2n) is 8.26. The topological polar surface area (TPSA) is 97.2 Å². The number of nitrogens with zero attached hydrogens (tertiary/aromatic N) is 5. The third kappa shape index (κ3) is 4.34. The van der Waals surface area contributed by atoms with Crippen molar-refractivity contribution in [3.8, 4) is 11.4 Å². The van der Waals surface area contributed by atoms with Gasteiger partial charge in [-0.3, -0.25) is 0 Å². The van der Waals surface area contributed by atoms with Crippen molar-refractivity contribution in [1.82, 2.24) is 25.1 Å². The number of halogens is 4. The van der Waals surface area contributed by atoms with Crippen LogP contribution in [0.25, 0.3) is 22.4 Å². The Kier molecular flexibility index (Phi) is 5.50. The second kappa shape index (κ2) is 8.38. The van der Waals surface area contributed by atoms with E-state index in [1.807, 2.05) is 4.90 Å². The van der Waals surface area contributed by atoms with Crippen LogP contribution in [0.3, 0.4) is 0 Å². The molecule has 3 atom stereocenters. The van der Waals surface area contributed by atoms with E-state index < -0.39 is 31.0 Å². The van der Waals surface area contributed by atoms with Crippen LogP contribution in [0.4, 0.5) is 33.9 Å². The average molecular weight is 479 g/mol. The fraction of sp³-hybridized carbons (Fsp3) is 0.429. The Bertz CT molecular complexity index is 1210. The number of fused-ring (bicyclic) bond motifs is 3. The highest BCUT2D eigenvalue weighted by Gasteiger charge is 2.42. The molecule has 2 saturated heterocycles. The van der Waals surface area contributed by atoms with Crippen molar-refractivity contribution in [2.75, 3.05) is 30.4 Å². The molecule has 180 valence electrons. The molecule has 9 nitrogen and oxygen atoms in total. The number of urea groups is 1. The fourth-order valence-corrected chi connectivity index (χ4v) is 4.27. The molecule has 5 rings (SSSR count). The summed E-state index contributed by atoms with van der Waals surface area (Å²) in [6, 6.07) is 6.18. The van der Waals surface area contributed by atoms with Gasteiger partial charge in [0.05, 0.1) is 17.7 Å². The van der Waals surface area contributed by atoms with Crippen molar-refractivity contribution in [3.05, 3.63) is 30.5 Å². The molecule has 0 saturated carbocycles. The lowest BCUT2D eigenvalue weighted by molar-refractivity contribution is -0.141. The van der Waals surface area contributed by atoms with Crippen LogP contribution in [0.5, 0.6) is 0 Å². The highest BCUT2D eigenvalue weighted by atomic mass is 19.4. The number of nitrogens with one attached hydrogen (secondary N) is 2. The van der Waals surface area contributed by atoms with Gasteiger partial charge in [-0.05, 0) is 24.3 Å². The van der Waals surface area contributed by atoms with Gasteiger partial charge >= 0.3 is 12.2 Å². The van der Waals surface area contributed by atoms with Crippen molar-refractivity contribution in [2.45, 2.75) is 37.5 Å². The van der Waals surface area contributed by atoms with E-state index in [-0.39, 0.29) is 30.5 Å². The first kappa shape index (κ1) is 22.3. The second-order valence-corrected chi connectivity index (χ2v) is 8.26. The molecule has 3 aromatic rings. The predicted molar refractivity (Wildman–Crippen MR) is 115 cm³/mol. The zero-order valence-corrected chi connectivity index (χ0v) is 18.0. The van der Waals surface area contributed by atoms with Crippen LogP contribution in [0, 0.1) is 0 Å². The van der Waals surface area contributed by atoms with Crippen LogP contribution in [0.2, 0.25) is 0 Å². The first-order valence-electron chi connectivity index (χ1n) is 10.6. The van der Waals surface area contributed by atoms with Crippen LogP contribution < -0.4 is 15.5 Å². The molecule has 2 aliphatic heterocycles. The van der Waals surface area contributed by atoms with Gasteiger partial charge in [0.25, 0.3) is 0 Å². The number of carbonyl (C=O) groups is 1. The highest BCUT2D eigenvalue weighted by molar-refractivity contribution is 5.90. The Balaban J connectivity index is 1.56. The van der Waals surface area contributed by atoms with E-state index in [0.717, 1.165) is 4.68 Å². The van der Waals surface area contributed by atoms with E-state index in [2.05, 4.69) is 25.7 Å². The van der Waals surface area contributed by atoms with E-state index in [4.69, 9.17) is 4.74 Å². The molecule has 1 aromatic carbocycles. The zero-order valence-electron chi connectivity index (χ0n) is 18.0. The van der Waals surface area contributed by atoms with E-state index >= 15 is 0 Å². The van der Waals surface area contributed by atoms with Crippen molar-refractivity contribution < 1.29 is 27.1 Å². The summed E-state index contributed by atoms with van der Waals surface area (Å²) in [5.74, 6) is 0.571. The minimum atomic E-state index is -4.49. The van der Waals surface area contributed by atoms with E-state index in [1.54, 1.807) is 24.3 Å². The molecule has 2 aliphatic rings. The molecule has 2 N–H and O–H groups in total. The van der Waals surface area contributed by atoms with Gasteiger partial charge in [0.2, 0.25) is 0 Å². The van der Waals surface area contributed by atoms with Gasteiger partial charge in [-0.25, -0.2) is 23.8 Å². The molecule has 0 spiro atoms. The Morgan fingerprint density at radius 3 is 2.65 bits per heavy atom. The van der Waals surface area contributed by atoms with Gasteiger partial charge < -0.3 is 20.3 Å². The number of ether oxygens (including phenoxy) is 1. The number of anilines is 2. The molecule has 13 heteroatoms. The third-order valence-electron chi connectivity index (χ3n) is 5.82. The molecule has 4 heterocycles. The number of aromatic nitrogens is 4. The summed E-state index contributed by atoms with van der Waals surface area (Å²) in [6.45, 7) is -0.715. The predicted octanol–water partition coefficient (Wildman–Crippen LogP) is 3.12. The fourth-order valence-electron chi connectivity index (χ4n) is 4.27. The molecule has 2 fully saturated rings. The maximum absolute atomic E-state index is 14.2. The number of benzene rings is 1. The lowest BCUT2D eigenvalue weighted by atomic mass is 10.2. The van der Waals surface area contributed by atoms with Gasteiger partial charge in [-0.15, -0.1) is 0 Å². The monoisotopic (exact) mass is 479 g/mol. The number of rotatable bonds is 4. The lowest BCUT2D eigenvalue weighted by Gasteiger charge is -2.33. The van der Waals surface area contributed by atoms with E-state index in [0.29, 0.717) is 29.0 Å². The number of amides is 2. The molecule has 2 amide bonds.